The molecule has 4 nitrogen and oxygen atoms in total. The SMILES string of the molecule is O=C(O)c1coc(CNc2cc(Br)c(F)cc2F)c1. The number of carboxylic acid groups (broad SMARTS) is 1. The van der Waals surface area contributed by atoms with Crippen molar-refractivity contribution in [2.75, 3.05) is 5.32 Å². The Morgan fingerprint density at radius 1 is 1.32 bits per heavy atom. The topological polar surface area (TPSA) is 62.5 Å². The molecule has 1 heterocycles. The first-order valence-electron chi connectivity index (χ1n) is 5.16. The van der Waals surface area contributed by atoms with E-state index < -0.39 is 17.6 Å². The van der Waals surface area contributed by atoms with Crippen LogP contribution in [0.4, 0.5) is 14.5 Å². The third-order valence-electron chi connectivity index (χ3n) is 2.36. The number of carboxylic acids is 1. The van der Waals surface area contributed by atoms with Crippen LogP contribution in [0.25, 0.3) is 0 Å². The summed E-state index contributed by atoms with van der Waals surface area (Å²) in [5.74, 6) is -2.22. The molecule has 0 atom stereocenters. The first-order valence-corrected chi connectivity index (χ1v) is 5.96. The number of aromatic carboxylic acids is 1. The highest BCUT2D eigenvalue weighted by Crippen LogP contribution is 2.24. The van der Waals surface area contributed by atoms with Crippen molar-refractivity contribution in [3.8, 4) is 0 Å². The summed E-state index contributed by atoms with van der Waals surface area (Å²) in [6.07, 6.45) is 1.09. The highest BCUT2D eigenvalue weighted by Gasteiger charge is 2.10. The zero-order valence-corrected chi connectivity index (χ0v) is 11.0. The number of carbonyl (C=O) groups is 1. The molecule has 19 heavy (non-hydrogen) atoms. The van der Waals surface area contributed by atoms with Gasteiger partial charge in [-0.3, -0.25) is 0 Å². The fourth-order valence-corrected chi connectivity index (χ4v) is 1.77. The van der Waals surface area contributed by atoms with Crippen molar-refractivity contribution in [3.05, 3.63) is 51.9 Å². The van der Waals surface area contributed by atoms with Gasteiger partial charge in [-0.15, -0.1) is 0 Å². The van der Waals surface area contributed by atoms with E-state index in [0.717, 1.165) is 12.3 Å². The molecule has 0 aliphatic rings. The van der Waals surface area contributed by atoms with Crippen LogP contribution in [0.3, 0.4) is 0 Å². The standard InChI is InChI=1S/C12H8BrF2NO3/c13-8-2-11(10(15)3-9(8)14)16-4-7-1-6(5-19-7)12(17)18/h1-3,5,16H,4H2,(H,17,18). The Bertz CT molecular complexity index is 627. The molecule has 0 amide bonds. The third-order valence-corrected chi connectivity index (χ3v) is 2.97. The Hall–Kier alpha value is -1.89. The van der Waals surface area contributed by atoms with Gasteiger partial charge in [0.05, 0.1) is 22.3 Å². The van der Waals surface area contributed by atoms with Gasteiger partial charge in [-0.25, -0.2) is 13.6 Å². The maximum atomic E-state index is 13.4. The molecule has 2 rings (SSSR count). The quantitative estimate of drug-likeness (QED) is 0.840. The van der Waals surface area contributed by atoms with E-state index in [4.69, 9.17) is 9.52 Å². The van der Waals surface area contributed by atoms with Gasteiger partial charge < -0.3 is 14.8 Å². The highest BCUT2D eigenvalue weighted by atomic mass is 79.9. The summed E-state index contributed by atoms with van der Waals surface area (Å²) in [5, 5.41) is 11.4. The molecule has 7 heteroatoms. The van der Waals surface area contributed by atoms with Crippen molar-refractivity contribution in [3.63, 3.8) is 0 Å². The first kappa shape index (κ1) is 13.5. The van der Waals surface area contributed by atoms with Crippen molar-refractivity contribution >= 4 is 27.6 Å². The van der Waals surface area contributed by atoms with E-state index in [9.17, 15) is 13.6 Å². The summed E-state index contributed by atoms with van der Waals surface area (Å²) in [7, 11) is 0. The lowest BCUT2D eigenvalue weighted by Crippen LogP contribution is -2.01. The summed E-state index contributed by atoms with van der Waals surface area (Å²) in [4.78, 5) is 10.6. The molecule has 0 aliphatic carbocycles. The molecule has 0 unspecified atom stereocenters. The van der Waals surface area contributed by atoms with Gasteiger partial charge in [-0.1, -0.05) is 0 Å². The van der Waals surface area contributed by atoms with E-state index in [-0.39, 0.29) is 22.3 Å². The molecule has 0 fully saturated rings. The van der Waals surface area contributed by atoms with Gasteiger partial charge in [-0.2, -0.15) is 0 Å². The number of anilines is 1. The number of hydrogen-bond donors (Lipinski definition) is 2. The maximum absolute atomic E-state index is 13.4. The minimum Gasteiger partial charge on any atom is -0.478 e. The Morgan fingerprint density at radius 2 is 2.05 bits per heavy atom. The second kappa shape index (κ2) is 5.40. The largest absolute Gasteiger partial charge is 0.478 e. The third kappa shape index (κ3) is 3.11. The Labute approximate surface area is 115 Å². The predicted octanol–water partition coefficient (Wildman–Crippen LogP) is 3.63. The minimum absolute atomic E-state index is 0.0116. The fourth-order valence-electron chi connectivity index (χ4n) is 1.43. The molecule has 100 valence electrons. The normalized spacial score (nSPS) is 10.5. The number of rotatable bonds is 4. The average Bonchev–Trinajstić information content (AvgIpc) is 2.81. The van der Waals surface area contributed by atoms with Crippen LogP contribution in [-0.4, -0.2) is 11.1 Å². The molecule has 0 saturated heterocycles. The van der Waals surface area contributed by atoms with Gasteiger partial charge in [0.2, 0.25) is 0 Å². The lowest BCUT2D eigenvalue weighted by Gasteiger charge is -2.06. The molecule has 1 aromatic heterocycles. The van der Waals surface area contributed by atoms with Crippen LogP contribution in [0.15, 0.2) is 33.4 Å². The predicted molar refractivity (Wildman–Crippen MR) is 67.1 cm³/mol. The van der Waals surface area contributed by atoms with E-state index in [1.807, 2.05) is 0 Å². The Balaban J connectivity index is 2.09. The van der Waals surface area contributed by atoms with Gasteiger partial charge in [0.25, 0.3) is 0 Å². The number of hydrogen-bond acceptors (Lipinski definition) is 3. The molecule has 0 spiro atoms. The van der Waals surface area contributed by atoms with E-state index in [2.05, 4.69) is 21.2 Å². The van der Waals surface area contributed by atoms with Crippen LogP contribution in [0.1, 0.15) is 16.1 Å². The lowest BCUT2D eigenvalue weighted by atomic mass is 10.2. The number of benzene rings is 1. The van der Waals surface area contributed by atoms with Crippen LogP contribution in [0.5, 0.6) is 0 Å². The molecule has 0 aliphatic heterocycles. The highest BCUT2D eigenvalue weighted by molar-refractivity contribution is 9.10. The monoisotopic (exact) mass is 331 g/mol. The molecule has 0 bridgehead atoms. The van der Waals surface area contributed by atoms with Crippen molar-refractivity contribution in [2.24, 2.45) is 0 Å². The summed E-state index contributed by atoms with van der Waals surface area (Å²) < 4.78 is 31.6. The van der Waals surface area contributed by atoms with Gasteiger partial charge in [0.1, 0.15) is 23.7 Å². The number of nitrogens with one attached hydrogen (secondary N) is 1. The average molecular weight is 332 g/mol. The van der Waals surface area contributed by atoms with Gasteiger partial charge >= 0.3 is 5.97 Å². The summed E-state index contributed by atoms with van der Waals surface area (Å²) in [6, 6.07) is 3.33. The lowest BCUT2D eigenvalue weighted by molar-refractivity contribution is 0.0696. The van der Waals surface area contributed by atoms with Crippen molar-refractivity contribution in [1.82, 2.24) is 0 Å². The summed E-state index contributed by atoms with van der Waals surface area (Å²) in [6.45, 7) is 0.0856. The zero-order valence-electron chi connectivity index (χ0n) is 9.41. The van der Waals surface area contributed by atoms with E-state index in [0.29, 0.717) is 5.76 Å². The van der Waals surface area contributed by atoms with Crippen molar-refractivity contribution in [2.45, 2.75) is 6.54 Å². The second-order valence-corrected chi connectivity index (χ2v) is 4.56. The molecule has 2 N–H and O–H groups in total. The zero-order chi connectivity index (χ0) is 14.0. The smallest absolute Gasteiger partial charge is 0.338 e. The molecular formula is C12H8BrF2NO3. The molecule has 2 aromatic rings. The summed E-state index contributed by atoms with van der Waals surface area (Å²) in [5.41, 5.74) is 0.0964. The Kier molecular flexibility index (Phi) is 3.84. The fraction of sp³-hybridized carbons (Fsp3) is 0.0833. The molecular weight excluding hydrogens is 324 g/mol. The summed E-state index contributed by atoms with van der Waals surface area (Å²) >= 11 is 2.95. The van der Waals surface area contributed by atoms with Crippen LogP contribution in [0, 0.1) is 11.6 Å². The van der Waals surface area contributed by atoms with E-state index in [1.54, 1.807) is 0 Å². The first-order chi connectivity index (χ1) is 8.97. The molecule has 1 aromatic carbocycles. The van der Waals surface area contributed by atoms with Crippen LogP contribution in [0.2, 0.25) is 0 Å². The maximum Gasteiger partial charge on any atom is 0.338 e. The van der Waals surface area contributed by atoms with Crippen LogP contribution in [-0.2, 0) is 6.54 Å². The van der Waals surface area contributed by atoms with Gasteiger partial charge in [-0.05, 0) is 28.1 Å². The molecule has 0 saturated carbocycles. The van der Waals surface area contributed by atoms with Crippen molar-refractivity contribution < 1.29 is 23.1 Å². The number of furan rings is 1. The van der Waals surface area contributed by atoms with Crippen LogP contribution < -0.4 is 5.32 Å². The van der Waals surface area contributed by atoms with Gasteiger partial charge in [0.15, 0.2) is 0 Å². The van der Waals surface area contributed by atoms with Crippen LogP contribution >= 0.6 is 15.9 Å². The Morgan fingerprint density at radius 3 is 2.68 bits per heavy atom. The van der Waals surface area contributed by atoms with Gasteiger partial charge in [0, 0.05) is 6.07 Å². The second-order valence-electron chi connectivity index (χ2n) is 3.71. The van der Waals surface area contributed by atoms with Crippen molar-refractivity contribution in [1.29, 1.82) is 0 Å². The minimum atomic E-state index is -1.11. The van der Waals surface area contributed by atoms with E-state index >= 15 is 0 Å². The van der Waals surface area contributed by atoms with E-state index in [1.165, 1.54) is 12.1 Å². The number of halogens is 3. The molecule has 0 radical (unpaired) electrons.